The first-order chi connectivity index (χ1) is 8.77. The first kappa shape index (κ1) is 16.1. The molecule has 5 nitrogen and oxygen atoms in total. The summed E-state index contributed by atoms with van der Waals surface area (Å²) in [5.41, 5.74) is 4.08. The fourth-order valence-corrected chi connectivity index (χ4v) is 3.86. The van der Waals surface area contributed by atoms with Gasteiger partial charge in [-0.2, -0.15) is 4.72 Å². The van der Waals surface area contributed by atoms with Crippen molar-refractivity contribution in [3.05, 3.63) is 28.7 Å². The van der Waals surface area contributed by atoms with Crippen molar-refractivity contribution < 1.29 is 13.2 Å². The molecule has 7 heteroatoms. The Bertz CT molecular complexity index is 568. The predicted octanol–water partition coefficient (Wildman–Crippen LogP) is 1.77. The van der Waals surface area contributed by atoms with E-state index in [2.05, 4.69) is 20.7 Å². The second kappa shape index (κ2) is 6.02. The van der Waals surface area contributed by atoms with Gasteiger partial charge in [0.05, 0.1) is 4.90 Å². The highest BCUT2D eigenvalue weighted by atomic mass is 79.9. The Labute approximate surface area is 121 Å². The van der Waals surface area contributed by atoms with E-state index in [1.807, 2.05) is 0 Å². The van der Waals surface area contributed by atoms with Crippen LogP contribution in [0.5, 0.6) is 0 Å². The van der Waals surface area contributed by atoms with Gasteiger partial charge in [-0.15, -0.1) is 0 Å². The van der Waals surface area contributed by atoms with Crippen molar-refractivity contribution in [2.45, 2.75) is 37.1 Å². The van der Waals surface area contributed by atoms with Crippen LogP contribution >= 0.6 is 15.9 Å². The molecule has 0 saturated heterocycles. The van der Waals surface area contributed by atoms with Crippen LogP contribution in [0.3, 0.4) is 0 Å². The summed E-state index contributed by atoms with van der Waals surface area (Å²) in [5, 5.41) is 0. The average Bonchev–Trinajstić information content (AvgIpc) is 2.35. The van der Waals surface area contributed by atoms with E-state index in [1.165, 1.54) is 12.1 Å². The van der Waals surface area contributed by atoms with Gasteiger partial charge in [-0.3, -0.25) is 4.79 Å². The molecule has 0 aliphatic rings. The molecule has 1 rings (SSSR count). The minimum absolute atomic E-state index is 0.0920. The number of amides is 1. The van der Waals surface area contributed by atoms with Crippen LogP contribution in [0.2, 0.25) is 0 Å². The highest BCUT2D eigenvalue weighted by Gasteiger charge is 2.37. The number of hydrogen-bond donors (Lipinski definition) is 2. The largest absolute Gasteiger partial charge is 0.368 e. The molecule has 0 aliphatic heterocycles. The highest BCUT2D eigenvalue weighted by molar-refractivity contribution is 9.10. The topological polar surface area (TPSA) is 89.3 Å². The Balaban J connectivity index is 3.18. The lowest BCUT2D eigenvalue weighted by molar-refractivity contribution is -0.124. The Morgan fingerprint density at radius 3 is 2.37 bits per heavy atom. The van der Waals surface area contributed by atoms with Gasteiger partial charge in [0.2, 0.25) is 15.9 Å². The van der Waals surface area contributed by atoms with Crippen LogP contribution in [0.15, 0.2) is 33.6 Å². The van der Waals surface area contributed by atoms with E-state index < -0.39 is 21.5 Å². The molecule has 0 aromatic heterocycles. The van der Waals surface area contributed by atoms with Gasteiger partial charge >= 0.3 is 0 Å². The van der Waals surface area contributed by atoms with Crippen LogP contribution < -0.4 is 10.5 Å². The maximum Gasteiger partial charge on any atom is 0.241 e. The number of hydrogen-bond acceptors (Lipinski definition) is 3. The molecule has 0 saturated carbocycles. The zero-order valence-corrected chi connectivity index (χ0v) is 13.2. The summed E-state index contributed by atoms with van der Waals surface area (Å²) in [6.45, 7) is 3.44. The van der Waals surface area contributed by atoms with E-state index in [9.17, 15) is 13.2 Å². The van der Waals surface area contributed by atoms with Crippen molar-refractivity contribution in [3.8, 4) is 0 Å². The molecule has 0 radical (unpaired) electrons. The van der Waals surface area contributed by atoms with Crippen LogP contribution in [0.1, 0.15) is 26.7 Å². The van der Waals surface area contributed by atoms with Crippen LogP contribution in [-0.2, 0) is 14.8 Å². The van der Waals surface area contributed by atoms with Gasteiger partial charge in [0, 0.05) is 4.47 Å². The quantitative estimate of drug-likeness (QED) is 0.820. The van der Waals surface area contributed by atoms with Crippen molar-refractivity contribution in [1.29, 1.82) is 0 Å². The predicted molar refractivity (Wildman–Crippen MR) is 77.0 cm³/mol. The molecule has 1 amide bonds. The first-order valence-electron chi connectivity index (χ1n) is 5.87. The molecule has 106 valence electrons. The third-order valence-electron chi connectivity index (χ3n) is 3.11. The molecule has 0 bridgehead atoms. The van der Waals surface area contributed by atoms with Crippen LogP contribution in [0.25, 0.3) is 0 Å². The molecular formula is C12H17BrN2O3S. The number of primary amides is 1. The fraction of sp³-hybridized carbons (Fsp3) is 0.417. The lowest BCUT2D eigenvalue weighted by Crippen LogP contribution is -2.56. The van der Waals surface area contributed by atoms with Crippen molar-refractivity contribution in [3.63, 3.8) is 0 Å². The normalized spacial score (nSPS) is 12.4. The summed E-state index contributed by atoms with van der Waals surface area (Å²) in [4.78, 5) is 11.6. The number of carbonyl (C=O) groups is 1. The third-order valence-corrected chi connectivity index (χ3v) is 5.14. The Morgan fingerprint density at radius 1 is 1.37 bits per heavy atom. The van der Waals surface area contributed by atoms with Gasteiger partial charge < -0.3 is 5.73 Å². The minimum atomic E-state index is -3.79. The Hall–Kier alpha value is -0.920. The highest BCUT2D eigenvalue weighted by Crippen LogP contribution is 2.21. The number of benzene rings is 1. The van der Waals surface area contributed by atoms with E-state index in [0.717, 1.165) is 0 Å². The monoisotopic (exact) mass is 348 g/mol. The van der Waals surface area contributed by atoms with Gasteiger partial charge in [0.15, 0.2) is 0 Å². The number of sulfonamides is 1. The summed E-state index contributed by atoms with van der Waals surface area (Å²) < 4.78 is 27.6. The van der Waals surface area contributed by atoms with Gasteiger partial charge in [0.1, 0.15) is 5.54 Å². The Kier molecular flexibility index (Phi) is 5.11. The number of carbonyl (C=O) groups excluding carboxylic acids is 1. The van der Waals surface area contributed by atoms with Crippen LogP contribution in [-0.4, -0.2) is 19.9 Å². The molecule has 0 fully saturated rings. The van der Waals surface area contributed by atoms with Gasteiger partial charge in [-0.05, 0) is 31.0 Å². The lowest BCUT2D eigenvalue weighted by Gasteiger charge is -2.28. The molecule has 0 aliphatic carbocycles. The molecule has 0 atom stereocenters. The maximum absolute atomic E-state index is 12.3. The lowest BCUT2D eigenvalue weighted by atomic mass is 9.94. The Morgan fingerprint density at radius 2 is 1.95 bits per heavy atom. The third kappa shape index (κ3) is 3.55. The molecule has 19 heavy (non-hydrogen) atoms. The zero-order chi connectivity index (χ0) is 14.7. The van der Waals surface area contributed by atoms with Gasteiger partial charge in [0.25, 0.3) is 0 Å². The number of nitrogens with one attached hydrogen (secondary N) is 1. The molecule has 0 heterocycles. The van der Waals surface area contributed by atoms with Gasteiger partial charge in [-0.1, -0.05) is 35.8 Å². The van der Waals surface area contributed by atoms with E-state index in [1.54, 1.807) is 26.0 Å². The standard InChI is InChI=1S/C12H17BrN2O3S/c1-3-12(4-2,11(14)16)15-19(17,18)10-7-5-6-9(13)8-10/h5-8,15H,3-4H2,1-2H3,(H2,14,16). The van der Waals surface area contributed by atoms with Gasteiger partial charge in [-0.25, -0.2) is 8.42 Å². The van der Waals surface area contributed by atoms with E-state index in [4.69, 9.17) is 5.73 Å². The number of rotatable bonds is 6. The molecule has 0 spiro atoms. The van der Waals surface area contributed by atoms with E-state index >= 15 is 0 Å². The maximum atomic E-state index is 12.3. The summed E-state index contributed by atoms with van der Waals surface area (Å²) in [6.07, 6.45) is 0.595. The van der Waals surface area contributed by atoms with Crippen LogP contribution in [0.4, 0.5) is 0 Å². The summed E-state index contributed by atoms with van der Waals surface area (Å²) in [5.74, 6) is -0.670. The smallest absolute Gasteiger partial charge is 0.241 e. The van der Waals surface area contributed by atoms with Crippen molar-refractivity contribution >= 4 is 31.9 Å². The second-order valence-electron chi connectivity index (χ2n) is 4.22. The van der Waals surface area contributed by atoms with Crippen molar-refractivity contribution in [2.75, 3.05) is 0 Å². The summed E-state index contributed by atoms with van der Waals surface area (Å²) in [6, 6.07) is 6.27. The molecule has 0 unspecified atom stereocenters. The molecular weight excluding hydrogens is 332 g/mol. The van der Waals surface area contributed by atoms with Crippen molar-refractivity contribution in [2.24, 2.45) is 5.73 Å². The first-order valence-corrected chi connectivity index (χ1v) is 8.14. The number of halogens is 1. The molecule has 1 aromatic carbocycles. The summed E-state index contributed by atoms with van der Waals surface area (Å²) >= 11 is 3.21. The zero-order valence-electron chi connectivity index (χ0n) is 10.8. The van der Waals surface area contributed by atoms with Crippen LogP contribution in [0, 0.1) is 0 Å². The fourth-order valence-electron chi connectivity index (χ4n) is 1.74. The minimum Gasteiger partial charge on any atom is -0.368 e. The van der Waals surface area contributed by atoms with Crippen molar-refractivity contribution in [1.82, 2.24) is 4.72 Å². The SMILES string of the molecule is CCC(CC)(NS(=O)(=O)c1cccc(Br)c1)C(N)=O. The average molecular weight is 349 g/mol. The van der Waals surface area contributed by atoms with E-state index in [0.29, 0.717) is 17.3 Å². The second-order valence-corrected chi connectivity index (χ2v) is 6.81. The molecule has 3 N–H and O–H groups in total. The molecule has 1 aromatic rings. The van der Waals surface area contributed by atoms with E-state index in [-0.39, 0.29) is 4.90 Å². The number of nitrogens with two attached hydrogens (primary N) is 1. The summed E-state index contributed by atoms with van der Waals surface area (Å²) in [7, 11) is -3.79.